The maximum absolute atomic E-state index is 4.08. The molecule has 1 N–H and O–H groups in total. The number of pyridine rings is 1. The number of aromatic nitrogens is 1. The second-order valence-electron chi connectivity index (χ2n) is 3.72. The van der Waals surface area contributed by atoms with Gasteiger partial charge >= 0.3 is 0 Å². The molecule has 3 heteroatoms. The molecule has 1 unspecified atom stereocenters. The molecule has 1 rings (SSSR count). The molecule has 0 fully saturated rings. The van der Waals surface area contributed by atoms with Crippen molar-refractivity contribution in [3.63, 3.8) is 0 Å². The maximum Gasteiger partial charge on any atom is 0.0402 e. The van der Waals surface area contributed by atoms with E-state index in [2.05, 4.69) is 31.1 Å². The van der Waals surface area contributed by atoms with Crippen LogP contribution in [0.2, 0.25) is 0 Å². The molecule has 0 amide bonds. The van der Waals surface area contributed by atoms with Gasteiger partial charge in [-0.25, -0.2) is 0 Å². The van der Waals surface area contributed by atoms with E-state index >= 15 is 0 Å². The van der Waals surface area contributed by atoms with Gasteiger partial charge in [-0.2, -0.15) is 11.8 Å². The molecule has 0 aromatic carbocycles. The van der Waals surface area contributed by atoms with Gasteiger partial charge in [0.1, 0.15) is 0 Å². The Morgan fingerprint density at radius 2 is 2.33 bits per heavy atom. The molecule has 84 valence electrons. The zero-order chi connectivity index (χ0) is 11.1. The van der Waals surface area contributed by atoms with Crippen molar-refractivity contribution in [2.24, 2.45) is 0 Å². The largest absolute Gasteiger partial charge is 0.382 e. The molecule has 0 aliphatic carbocycles. The second-order valence-corrected chi connectivity index (χ2v) is 5.12. The number of anilines is 1. The number of nitrogens with one attached hydrogen (secondary N) is 1. The highest BCUT2D eigenvalue weighted by Crippen LogP contribution is 2.14. The average Bonchev–Trinajstić information content (AvgIpc) is 2.22. The van der Waals surface area contributed by atoms with E-state index in [0.29, 0.717) is 6.04 Å². The standard InChI is InChI=1S/C12H20N2S/c1-4-15-8-6-11(3)14-12-5-7-13-9-10(12)2/h5,7,9,11H,4,6,8H2,1-3H3,(H,13,14). The van der Waals surface area contributed by atoms with Crippen molar-refractivity contribution in [1.29, 1.82) is 0 Å². The SMILES string of the molecule is CCSCCC(C)Nc1ccncc1C. The Bertz CT molecular complexity index is 289. The minimum absolute atomic E-state index is 0.533. The third-order valence-electron chi connectivity index (χ3n) is 2.32. The monoisotopic (exact) mass is 224 g/mol. The van der Waals surface area contributed by atoms with Crippen molar-refractivity contribution in [3.8, 4) is 0 Å². The van der Waals surface area contributed by atoms with Gasteiger partial charge in [-0.05, 0) is 43.4 Å². The fourth-order valence-corrected chi connectivity index (χ4v) is 2.19. The maximum atomic E-state index is 4.08. The van der Waals surface area contributed by atoms with Gasteiger partial charge in [-0.3, -0.25) is 4.98 Å². The van der Waals surface area contributed by atoms with Gasteiger partial charge in [-0.15, -0.1) is 0 Å². The van der Waals surface area contributed by atoms with Crippen LogP contribution >= 0.6 is 11.8 Å². The first-order valence-electron chi connectivity index (χ1n) is 5.49. The normalized spacial score (nSPS) is 12.5. The molecular weight excluding hydrogens is 204 g/mol. The molecule has 0 bridgehead atoms. The number of thioether (sulfide) groups is 1. The predicted molar refractivity (Wildman–Crippen MR) is 69.7 cm³/mol. The summed E-state index contributed by atoms with van der Waals surface area (Å²) in [6, 6.07) is 2.57. The molecule has 1 atom stereocenters. The third kappa shape index (κ3) is 4.56. The Kier molecular flexibility index (Phi) is 5.54. The van der Waals surface area contributed by atoms with E-state index in [9.17, 15) is 0 Å². The van der Waals surface area contributed by atoms with Gasteiger partial charge < -0.3 is 5.32 Å². The van der Waals surface area contributed by atoms with E-state index in [1.807, 2.05) is 30.2 Å². The van der Waals surface area contributed by atoms with Gasteiger partial charge in [0.2, 0.25) is 0 Å². The summed E-state index contributed by atoms with van der Waals surface area (Å²) < 4.78 is 0. The molecule has 0 radical (unpaired) electrons. The molecule has 0 spiro atoms. The average molecular weight is 224 g/mol. The Balaban J connectivity index is 2.37. The molecule has 0 saturated heterocycles. The van der Waals surface area contributed by atoms with E-state index in [-0.39, 0.29) is 0 Å². The summed E-state index contributed by atoms with van der Waals surface area (Å²) in [5.41, 5.74) is 2.42. The van der Waals surface area contributed by atoms with Crippen LogP contribution in [-0.2, 0) is 0 Å². The quantitative estimate of drug-likeness (QED) is 0.750. The topological polar surface area (TPSA) is 24.9 Å². The molecule has 0 saturated carbocycles. The lowest BCUT2D eigenvalue weighted by atomic mass is 10.2. The van der Waals surface area contributed by atoms with Gasteiger partial charge in [0.25, 0.3) is 0 Å². The van der Waals surface area contributed by atoms with Gasteiger partial charge in [0.15, 0.2) is 0 Å². The second kappa shape index (κ2) is 6.72. The number of aryl methyl sites for hydroxylation is 1. The number of rotatable bonds is 6. The van der Waals surface area contributed by atoms with Crippen molar-refractivity contribution >= 4 is 17.4 Å². The first kappa shape index (κ1) is 12.4. The summed E-state index contributed by atoms with van der Waals surface area (Å²) in [7, 11) is 0. The van der Waals surface area contributed by atoms with Crippen LogP contribution in [-0.4, -0.2) is 22.5 Å². The van der Waals surface area contributed by atoms with Gasteiger partial charge in [-0.1, -0.05) is 6.92 Å². The van der Waals surface area contributed by atoms with Crippen LogP contribution in [0.25, 0.3) is 0 Å². The van der Waals surface area contributed by atoms with E-state index < -0.39 is 0 Å². The Labute approximate surface area is 96.9 Å². The van der Waals surface area contributed by atoms with E-state index in [1.165, 1.54) is 29.2 Å². The Morgan fingerprint density at radius 1 is 1.53 bits per heavy atom. The zero-order valence-electron chi connectivity index (χ0n) is 9.79. The zero-order valence-corrected chi connectivity index (χ0v) is 10.6. The summed E-state index contributed by atoms with van der Waals surface area (Å²) in [6.07, 6.45) is 4.94. The highest BCUT2D eigenvalue weighted by atomic mass is 32.2. The van der Waals surface area contributed by atoms with Crippen molar-refractivity contribution in [2.45, 2.75) is 33.2 Å². The summed E-state index contributed by atoms with van der Waals surface area (Å²) in [5, 5.41) is 3.52. The first-order chi connectivity index (χ1) is 7.24. The summed E-state index contributed by atoms with van der Waals surface area (Å²) in [5.74, 6) is 2.44. The molecular formula is C12H20N2S. The Morgan fingerprint density at radius 3 is 3.00 bits per heavy atom. The smallest absolute Gasteiger partial charge is 0.0402 e. The van der Waals surface area contributed by atoms with Crippen molar-refractivity contribution in [1.82, 2.24) is 4.98 Å². The van der Waals surface area contributed by atoms with Crippen molar-refractivity contribution < 1.29 is 0 Å². The number of nitrogens with zero attached hydrogens (tertiary/aromatic N) is 1. The minimum atomic E-state index is 0.533. The lowest BCUT2D eigenvalue weighted by Crippen LogP contribution is -2.16. The third-order valence-corrected chi connectivity index (χ3v) is 3.25. The van der Waals surface area contributed by atoms with E-state index in [0.717, 1.165) is 0 Å². The Hall–Kier alpha value is -0.700. The van der Waals surface area contributed by atoms with Gasteiger partial charge in [0.05, 0.1) is 0 Å². The minimum Gasteiger partial charge on any atom is -0.382 e. The molecule has 1 aromatic rings. The molecule has 15 heavy (non-hydrogen) atoms. The van der Waals surface area contributed by atoms with Crippen LogP contribution < -0.4 is 5.32 Å². The van der Waals surface area contributed by atoms with Gasteiger partial charge in [0, 0.05) is 24.1 Å². The molecule has 0 aliphatic heterocycles. The van der Waals surface area contributed by atoms with Crippen molar-refractivity contribution in [2.75, 3.05) is 16.8 Å². The van der Waals surface area contributed by atoms with Crippen LogP contribution in [0.15, 0.2) is 18.5 Å². The highest BCUT2D eigenvalue weighted by molar-refractivity contribution is 7.99. The van der Waals surface area contributed by atoms with Crippen LogP contribution in [0.5, 0.6) is 0 Å². The fourth-order valence-electron chi connectivity index (χ4n) is 1.38. The molecule has 0 aliphatic rings. The number of hydrogen-bond acceptors (Lipinski definition) is 3. The van der Waals surface area contributed by atoms with E-state index in [4.69, 9.17) is 0 Å². The molecule has 2 nitrogen and oxygen atoms in total. The van der Waals surface area contributed by atoms with Crippen LogP contribution in [0.4, 0.5) is 5.69 Å². The number of hydrogen-bond donors (Lipinski definition) is 1. The van der Waals surface area contributed by atoms with Crippen molar-refractivity contribution in [3.05, 3.63) is 24.0 Å². The highest BCUT2D eigenvalue weighted by Gasteiger charge is 2.03. The van der Waals surface area contributed by atoms with E-state index in [1.54, 1.807) is 0 Å². The predicted octanol–water partition coefficient (Wildman–Crippen LogP) is 3.33. The summed E-state index contributed by atoms with van der Waals surface area (Å²) in [4.78, 5) is 4.08. The summed E-state index contributed by atoms with van der Waals surface area (Å²) >= 11 is 2.00. The lowest BCUT2D eigenvalue weighted by Gasteiger charge is -2.16. The molecule has 1 aromatic heterocycles. The molecule has 1 heterocycles. The lowest BCUT2D eigenvalue weighted by molar-refractivity contribution is 0.770. The van der Waals surface area contributed by atoms with Crippen LogP contribution in [0.1, 0.15) is 25.8 Å². The van der Waals surface area contributed by atoms with Crippen LogP contribution in [0.3, 0.4) is 0 Å². The summed E-state index contributed by atoms with van der Waals surface area (Å²) in [6.45, 7) is 6.52. The van der Waals surface area contributed by atoms with Crippen LogP contribution in [0, 0.1) is 6.92 Å². The first-order valence-corrected chi connectivity index (χ1v) is 6.64. The fraction of sp³-hybridized carbons (Fsp3) is 0.583.